The van der Waals surface area contributed by atoms with Crippen molar-refractivity contribution in [3.8, 4) is 0 Å². The molecule has 0 bridgehead atoms. The van der Waals surface area contributed by atoms with Crippen LogP contribution < -0.4 is 0 Å². The first kappa shape index (κ1) is 67.3. The maximum Gasteiger partial charge on any atom is 0.351 e. The van der Waals surface area contributed by atoms with E-state index in [1.54, 1.807) is 25.8 Å². The lowest BCUT2D eigenvalue weighted by Gasteiger charge is -2.30. The maximum absolute atomic E-state index is 13.3. The Balaban J connectivity index is 0. The molecule has 0 aliphatic rings. The first-order valence-electron chi connectivity index (χ1n) is 26.7. The van der Waals surface area contributed by atoms with Gasteiger partial charge in [-0.25, -0.2) is 4.79 Å². The minimum absolute atomic E-state index is 0.00849. The monoisotopic (exact) mass is 988 g/mol. The fourth-order valence-corrected chi connectivity index (χ4v) is 7.02. The third-order valence-electron chi connectivity index (χ3n) is 11.2. The Bertz CT molecular complexity index is 1300. The zero-order valence-electron chi connectivity index (χ0n) is 44.1. The Labute approximate surface area is 416 Å². The van der Waals surface area contributed by atoms with Gasteiger partial charge in [-0.05, 0) is 97.4 Å². The van der Waals surface area contributed by atoms with Crippen molar-refractivity contribution in [3.05, 3.63) is 0 Å². The van der Waals surface area contributed by atoms with E-state index in [1.165, 1.54) is 32.1 Å². The number of aliphatic hydroxyl groups is 1. The number of aliphatic hydroxyl groups excluding tert-OH is 1. The van der Waals surface area contributed by atoms with Gasteiger partial charge in [-0.3, -0.25) is 28.8 Å². The molecule has 0 saturated heterocycles. The SMILES string of the molecule is CCCCCCCC(=O)OCCCCCOC(=O)CC(CC)(OC(=O)CCN(C)CC(C)O)C(=O)OCCCCCOC(=O)CCCCCCC.CCCCCCCC(=O)OCCCCCOC=O. The molecule has 16 heteroatoms. The van der Waals surface area contributed by atoms with Crippen LogP contribution in [0.3, 0.4) is 0 Å². The highest BCUT2D eigenvalue weighted by Crippen LogP contribution is 2.25. The molecule has 0 saturated carbocycles. The van der Waals surface area contributed by atoms with Gasteiger partial charge >= 0.3 is 35.8 Å². The second kappa shape index (κ2) is 49.2. The predicted octanol–water partition coefficient (Wildman–Crippen LogP) is 10.2. The van der Waals surface area contributed by atoms with Crippen LogP contribution in [0.1, 0.15) is 227 Å². The molecule has 0 aromatic heterocycles. The van der Waals surface area contributed by atoms with E-state index < -0.39 is 36.0 Å². The lowest BCUT2D eigenvalue weighted by Crippen LogP contribution is -2.46. The summed E-state index contributed by atoms with van der Waals surface area (Å²) in [6.07, 6.45) is 23.0. The molecule has 404 valence electrons. The van der Waals surface area contributed by atoms with E-state index in [0.717, 1.165) is 83.5 Å². The molecule has 2 unspecified atom stereocenters. The van der Waals surface area contributed by atoms with Crippen molar-refractivity contribution in [1.82, 2.24) is 4.90 Å². The molecule has 0 aliphatic carbocycles. The summed E-state index contributed by atoms with van der Waals surface area (Å²) in [5.41, 5.74) is -1.84. The molecule has 0 fully saturated rings. The van der Waals surface area contributed by atoms with Gasteiger partial charge in [0.2, 0.25) is 5.60 Å². The molecule has 69 heavy (non-hydrogen) atoms. The molecule has 0 rings (SSSR count). The average Bonchev–Trinajstić information content (AvgIpc) is 3.31. The van der Waals surface area contributed by atoms with Crippen LogP contribution in [0.5, 0.6) is 0 Å². The van der Waals surface area contributed by atoms with Gasteiger partial charge in [0.15, 0.2) is 0 Å². The quantitative estimate of drug-likeness (QED) is 0.0260. The van der Waals surface area contributed by atoms with Crippen LogP contribution in [-0.2, 0) is 66.7 Å². The van der Waals surface area contributed by atoms with Gasteiger partial charge in [0.1, 0.15) is 0 Å². The van der Waals surface area contributed by atoms with Crippen molar-refractivity contribution in [2.24, 2.45) is 0 Å². The molecule has 2 atom stereocenters. The molecule has 0 aromatic rings. The molecular formula is C53H97NO15. The molecule has 0 amide bonds. The first-order valence-corrected chi connectivity index (χ1v) is 26.7. The van der Waals surface area contributed by atoms with Crippen molar-refractivity contribution < 1.29 is 71.8 Å². The number of carbonyl (C=O) groups excluding carboxylic acids is 7. The van der Waals surface area contributed by atoms with Crippen LogP contribution in [0.25, 0.3) is 0 Å². The lowest BCUT2D eigenvalue weighted by atomic mass is 9.96. The zero-order chi connectivity index (χ0) is 51.6. The number of unbranched alkanes of at least 4 members (excludes halogenated alkanes) is 18. The molecule has 1 N–H and O–H groups in total. The molecule has 0 heterocycles. The van der Waals surface area contributed by atoms with Gasteiger partial charge in [-0.2, -0.15) is 0 Å². The number of ether oxygens (including phenoxy) is 7. The number of hydrogen-bond donors (Lipinski definition) is 1. The van der Waals surface area contributed by atoms with Crippen molar-refractivity contribution in [3.63, 3.8) is 0 Å². The number of hydrogen-bond acceptors (Lipinski definition) is 16. The molecule has 0 aliphatic heterocycles. The standard InChI is InChI=1S/C39H71NO11.C14H26O4/c1-6-9-11-13-17-23-34(42)47-27-19-15-21-29-49-37(45)31-39(8-3,51-36(44)25-26-40(5)32-33(4)41)38(46)50-30-22-16-20-28-48-35(43)24-18-14-12-10-7-2;1-2-3-4-5-7-10-14(16)18-12-9-6-8-11-17-13-15/h33,41H,6-32H2,1-5H3;13H,2-12H2,1H3. The minimum atomic E-state index is -1.84. The van der Waals surface area contributed by atoms with Gasteiger partial charge in [0, 0.05) is 32.4 Å². The van der Waals surface area contributed by atoms with E-state index in [4.69, 9.17) is 28.4 Å². The second-order valence-corrected chi connectivity index (χ2v) is 18.0. The van der Waals surface area contributed by atoms with Crippen LogP contribution >= 0.6 is 0 Å². The van der Waals surface area contributed by atoms with Crippen molar-refractivity contribution in [2.45, 2.75) is 239 Å². The van der Waals surface area contributed by atoms with E-state index in [-0.39, 0.29) is 44.0 Å². The van der Waals surface area contributed by atoms with Crippen molar-refractivity contribution in [2.75, 3.05) is 59.8 Å². The summed E-state index contributed by atoms with van der Waals surface area (Å²) in [4.78, 5) is 85.8. The first-order chi connectivity index (χ1) is 33.3. The highest BCUT2D eigenvalue weighted by Gasteiger charge is 2.45. The number of rotatable bonds is 47. The van der Waals surface area contributed by atoms with Gasteiger partial charge in [0.05, 0.1) is 58.6 Å². The maximum atomic E-state index is 13.3. The van der Waals surface area contributed by atoms with Gasteiger partial charge < -0.3 is 43.2 Å². The summed E-state index contributed by atoms with van der Waals surface area (Å²) in [7, 11) is 1.76. The summed E-state index contributed by atoms with van der Waals surface area (Å²) in [5, 5.41) is 9.61. The normalized spacial score (nSPS) is 12.2. The van der Waals surface area contributed by atoms with Crippen molar-refractivity contribution >= 4 is 42.3 Å². The largest absolute Gasteiger partial charge is 0.468 e. The van der Waals surface area contributed by atoms with E-state index in [1.807, 2.05) is 0 Å². The molecule has 0 radical (unpaired) electrons. The Morgan fingerprint density at radius 2 is 0.841 bits per heavy atom. The summed E-state index contributed by atoms with van der Waals surface area (Å²) < 4.78 is 36.8. The predicted molar refractivity (Wildman–Crippen MR) is 266 cm³/mol. The molecule has 0 aromatic carbocycles. The number of likely N-dealkylation sites (N-methyl/N-ethyl adjacent to an activating group) is 1. The Morgan fingerprint density at radius 3 is 1.22 bits per heavy atom. The third-order valence-corrected chi connectivity index (χ3v) is 11.2. The summed E-state index contributed by atoms with van der Waals surface area (Å²) in [6.45, 7) is 12.6. The number of esters is 6. The summed E-state index contributed by atoms with van der Waals surface area (Å²) in [5.74, 6) is -2.63. The molecular weight excluding hydrogens is 891 g/mol. The van der Waals surface area contributed by atoms with E-state index in [9.17, 15) is 38.7 Å². The van der Waals surface area contributed by atoms with Gasteiger partial charge in [-0.1, -0.05) is 105 Å². The van der Waals surface area contributed by atoms with Gasteiger partial charge in [0.25, 0.3) is 6.47 Å². The number of carbonyl (C=O) groups is 7. The van der Waals surface area contributed by atoms with E-state index in [2.05, 4.69) is 25.5 Å². The summed E-state index contributed by atoms with van der Waals surface area (Å²) in [6, 6.07) is 0. The molecule has 0 spiro atoms. The fraction of sp³-hybridized carbons (Fsp3) is 0.868. The highest BCUT2D eigenvalue weighted by atomic mass is 16.6. The van der Waals surface area contributed by atoms with Crippen LogP contribution in [0.4, 0.5) is 0 Å². The average molecular weight is 988 g/mol. The van der Waals surface area contributed by atoms with Crippen LogP contribution in [0.15, 0.2) is 0 Å². The zero-order valence-corrected chi connectivity index (χ0v) is 44.1. The van der Waals surface area contributed by atoms with Crippen LogP contribution in [0, 0.1) is 0 Å². The minimum Gasteiger partial charge on any atom is -0.468 e. The van der Waals surface area contributed by atoms with Crippen molar-refractivity contribution in [1.29, 1.82) is 0 Å². The van der Waals surface area contributed by atoms with Gasteiger partial charge in [-0.15, -0.1) is 0 Å². The topological polar surface area (TPSA) is 208 Å². The summed E-state index contributed by atoms with van der Waals surface area (Å²) >= 11 is 0. The number of nitrogens with zero attached hydrogens (tertiary/aromatic N) is 1. The second-order valence-electron chi connectivity index (χ2n) is 18.0. The smallest absolute Gasteiger partial charge is 0.351 e. The fourth-order valence-electron chi connectivity index (χ4n) is 7.02. The molecule has 16 nitrogen and oxygen atoms in total. The Kier molecular flexibility index (Phi) is 48.0. The third kappa shape index (κ3) is 45.1. The van der Waals surface area contributed by atoms with E-state index in [0.29, 0.717) is 104 Å². The van der Waals surface area contributed by atoms with Crippen LogP contribution in [-0.4, -0.2) is 124 Å². The van der Waals surface area contributed by atoms with E-state index >= 15 is 0 Å². The Morgan fingerprint density at radius 1 is 0.478 bits per heavy atom. The lowest BCUT2D eigenvalue weighted by molar-refractivity contribution is -0.188. The van der Waals surface area contributed by atoms with Crippen LogP contribution in [0.2, 0.25) is 0 Å². The highest BCUT2D eigenvalue weighted by molar-refractivity contribution is 5.88. The Hall–Kier alpha value is -3.79.